The van der Waals surface area contributed by atoms with Crippen molar-refractivity contribution in [1.29, 1.82) is 0 Å². The fraction of sp³-hybridized carbons (Fsp3) is 0.667. The summed E-state index contributed by atoms with van der Waals surface area (Å²) in [5.41, 5.74) is 5.79. The highest BCUT2D eigenvalue weighted by Gasteiger charge is 2.47. The molecule has 0 bridgehead atoms. The molecule has 4 rings (SSSR count). The first-order valence-corrected chi connectivity index (χ1v) is 8.15. The molecule has 2 fully saturated rings. The minimum absolute atomic E-state index is 0.239. The maximum atomic E-state index is 10.6. The van der Waals surface area contributed by atoms with Gasteiger partial charge in [-0.2, -0.15) is 0 Å². The van der Waals surface area contributed by atoms with Crippen LogP contribution in [-0.2, 0) is 4.74 Å². The van der Waals surface area contributed by atoms with Crippen LogP contribution in [0.1, 0.15) is 38.3 Å². The molecule has 0 radical (unpaired) electrons. The van der Waals surface area contributed by atoms with E-state index >= 15 is 0 Å². The molecule has 9 heteroatoms. The molecule has 0 unspecified atom stereocenters. The number of nitrogens with zero attached hydrogens (tertiary/aromatic N) is 4. The summed E-state index contributed by atoms with van der Waals surface area (Å²) in [4.78, 5) is 12.2. The van der Waals surface area contributed by atoms with Crippen LogP contribution in [0.3, 0.4) is 0 Å². The van der Waals surface area contributed by atoms with Crippen LogP contribution in [0.4, 0.5) is 5.82 Å². The normalized spacial score (nSPS) is 32.6. The van der Waals surface area contributed by atoms with Crippen LogP contribution >= 0.6 is 0 Å². The molecule has 1 aliphatic carbocycles. The quantitative estimate of drug-likeness (QED) is 0.600. The molecule has 0 spiro atoms. The number of aliphatic hydroxyl groups excluding tert-OH is 2. The first-order valence-electron chi connectivity index (χ1n) is 8.15. The van der Waals surface area contributed by atoms with E-state index in [-0.39, 0.29) is 5.82 Å². The van der Waals surface area contributed by atoms with Crippen LogP contribution in [0.25, 0.3) is 11.2 Å². The Labute approximate surface area is 138 Å². The number of anilines is 1. The van der Waals surface area contributed by atoms with Crippen molar-refractivity contribution >= 4 is 17.0 Å². The maximum Gasteiger partial charge on any atom is 0.167 e. The highest BCUT2D eigenvalue weighted by atomic mass is 16.6. The van der Waals surface area contributed by atoms with Gasteiger partial charge in [-0.25, -0.2) is 15.0 Å². The Bertz CT molecular complexity index is 745. The van der Waals surface area contributed by atoms with Gasteiger partial charge in [-0.05, 0) is 12.8 Å². The Kier molecular flexibility index (Phi) is 3.68. The van der Waals surface area contributed by atoms with Gasteiger partial charge >= 0.3 is 0 Å². The summed E-state index contributed by atoms with van der Waals surface area (Å²) in [6, 6.07) is 0. The first kappa shape index (κ1) is 15.7. The molecule has 4 atom stereocenters. The standard InChI is InChI=1S/C15H21N5O4/c16-12-9-13(18-6-17-12)20(7-19-9)14-11(22)10(21)8(24-14)5-15(23)3-1-2-4-15/h6-8,10-11,14,21-23H,1-5H2,(H2,16,17,18)/t8-,10-,11-,14-/m1/s1. The molecule has 3 heterocycles. The van der Waals surface area contributed by atoms with Crippen LogP contribution < -0.4 is 5.73 Å². The first-order chi connectivity index (χ1) is 11.5. The van der Waals surface area contributed by atoms with E-state index in [0.717, 1.165) is 12.8 Å². The molecule has 1 saturated heterocycles. The van der Waals surface area contributed by atoms with E-state index in [0.29, 0.717) is 30.4 Å². The smallest absolute Gasteiger partial charge is 0.167 e. The highest BCUT2D eigenvalue weighted by molar-refractivity contribution is 5.81. The zero-order valence-corrected chi connectivity index (χ0v) is 13.1. The Balaban J connectivity index is 1.60. The molecule has 24 heavy (non-hydrogen) atoms. The lowest BCUT2D eigenvalue weighted by molar-refractivity contribution is -0.0728. The third kappa shape index (κ3) is 2.44. The van der Waals surface area contributed by atoms with Crippen LogP contribution in [-0.4, -0.2) is 58.8 Å². The number of imidazole rings is 1. The average Bonchev–Trinajstić information content (AvgIpc) is 3.23. The maximum absolute atomic E-state index is 10.6. The van der Waals surface area contributed by atoms with Crippen LogP contribution in [0.15, 0.2) is 12.7 Å². The molecule has 2 aromatic heterocycles. The highest BCUT2D eigenvalue weighted by Crippen LogP contribution is 2.40. The lowest BCUT2D eigenvalue weighted by atomic mass is 9.92. The molecule has 2 aliphatic rings. The fourth-order valence-corrected chi connectivity index (χ4v) is 3.80. The van der Waals surface area contributed by atoms with Crippen molar-refractivity contribution in [2.24, 2.45) is 0 Å². The van der Waals surface area contributed by atoms with Crippen LogP contribution in [0.5, 0.6) is 0 Å². The van der Waals surface area contributed by atoms with Crippen LogP contribution in [0, 0.1) is 0 Å². The number of ether oxygens (including phenoxy) is 1. The Morgan fingerprint density at radius 2 is 1.96 bits per heavy atom. The summed E-state index contributed by atoms with van der Waals surface area (Å²) in [7, 11) is 0. The minimum atomic E-state index is -1.14. The molecular formula is C15H21N5O4. The predicted molar refractivity (Wildman–Crippen MR) is 83.7 cm³/mol. The van der Waals surface area contributed by atoms with Gasteiger partial charge in [0.25, 0.3) is 0 Å². The van der Waals surface area contributed by atoms with E-state index in [1.165, 1.54) is 12.7 Å². The fourth-order valence-electron chi connectivity index (χ4n) is 3.80. The van der Waals surface area contributed by atoms with E-state index in [2.05, 4.69) is 15.0 Å². The monoisotopic (exact) mass is 335 g/mol. The van der Waals surface area contributed by atoms with Gasteiger partial charge in [-0.1, -0.05) is 12.8 Å². The molecule has 0 aromatic carbocycles. The second kappa shape index (κ2) is 5.62. The van der Waals surface area contributed by atoms with E-state index < -0.39 is 30.1 Å². The number of aromatic nitrogens is 4. The topological polar surface area (TPSA) is 140 Å². The summed E-state index contributed by atoms with van der Waals surface area (Å²) in [6.45, 7) is 0. The average molecular weight is 335 g/mol. The second-order valence-electron chi connectivity index (χ2n) is 6.76. The molecular weight excluding hydrogens is 314 g/mol. The van der Waals surface area contributed by atoms with Crippen molar-refractivity contribution < 1.29 is 20.1 Å². The number of rotatable bonds is 3. The molecule has 5 N–H and O–H groups in total. The second-order valence-corrected chi connectivity index (χ2v) is 6.76. The van der Waals surface area contributed by atoms with Gasteiger partial charge in [-0.15, -0.1) is 0 Å². The Morgan fingerprint density at radius 3 is 2.71 bits per heavy atom. The Hall–Kier alpha value is -1.81. The lowest BCUT2D eigenvalue weighted by Crippen LogP contribution is -2.37. The van der Waals surface area contributed by atoms with Crippen molar-refractivity contribution in [2.45, 2.75) is 62.2 Å². The van der Waals surface area contributed by atoms with E-state index in [9.17, 15) is 15.3 Å². The largest absolute Gasteiger partial charge is 0.390 e. The van der Waals surface area contributed by atoms with E-state index in [1.807, 2.05) is 0 Å². The van der Waals surface area contributed by atoms with Gasteiger partial charge in [0.1, 0.15) is 24.1 Å². The summed E-state index contributed by atoms with van der Waals surface area (Å²) in [6.07, 6.45) is 2.67. The number of hydrogen-bond donors (Lipinski definition) is 4. The molecule has 2 aromatic rings. The van der Waals surface area contributed by atoms with E-state index in [4.69, 9.17) is 10.5 Å². The van der Waals surface area contributed by atoms with Crippen molar-refractivity contribution in [3.63, 3.8) is 0 Å². The minimum Gasteiger partial charge on any atom is -0.390 e. The number of aliphatic hydroxyl groups is 3. The Morgan fingerprint density at radius 1 is 1.21 bits per heavy atom. The summed E-state index contributed by atoms with van der Waals surface area (Å²) >= 11 is 0. The number of nitrogens with two attached hydrogens (primary N) is 1. The summed E-state index contributed by atoms with van der Waals surface area (Å²) in [5.74, 6) is 0.239. The molecule has 130 valence electrons. The van der Waals surface area contributed by atoms with E-state index in [1.54, 1.807) is 4.57 Å². The van der Waals surface area contributed by atoms with Gasteiger partial charge in [0.05, 0.1) is 18.0 Å². The van der Waals surface area contributed by atoms with Crippen molar-refractivity contribution in [1.82, 2.24) is 19.5 Å². The number of fused-ring (bicyclic) bond motifs is 1. The van der Waals surface area contributed by atoms with Gasteiger partial charge in [0.15, 0.2) is 17.7 Å². The molecule has 1 aliphatic heterocycles. The number of nitrogen functional groups attached to an aromatic ring is 1. The van der Waals surface area contributed by atoms with Crippen molar-refractivity contribution in [2.75, 3.05) is 5.73 Å². The molecule has 1 saturated carbocycles. The van der Waals surface area contributed by atoms with Gasteiger partial charge in [0.2, 0.25) is 0 Å². The summed E-state index contributed by atoms with van der Waals surface area (Å²) in [5, 5.41) is 31.3. The lowest BCUT2D eigenvalue weighted by Gasteiger charge is -2.26. The SMILES string of the molecule is Nc1ncnc2c1ncn2[C@@H]1O[C@H](CC2(O)CCCC2)[C@@H](O)[C@H]1O. The van der Waals surface area contributed by atoms with Crippen molar-refractivity contribution in [3.8, 4) is 0 Å². The number of hydrogen-bond acceptors (Lipinski definition) is 8. The van der Waals surface area contributed by atoms with Gasteiger partial charge < -0.3 is 25.8 Å². The van der Waals surface area contributed by atoms with Crippen molar-refractivity contribution in [3.05, 3.63) is 12.7 Å². The summed E-state index contributed by atoms with van der Waals surface area (Å²) < 4.78 is 7.41. The zero-order valence-electron chi connectivity index (χ0n) is 13.1. The zero-order chi connectivity index (χ0) is 16.9. The third-order valence-corrected chi connectivity index (χ3v) is 5.11. The third-order valence-electron chi connectivity index (χ3n) is 5.11. The van der Waals surface area contributed by atoms with Gasteiger partial charge in [-0.3, -0.25) is 4.57 Å². The van der Waals surface area contributed by atoms with Crippen LogP contribution in [0.2, 0.25) is 0 Å². The molecule has 9 nitrogen and oxygen atoms in total. The predicted octanol–water partition coefficient (Wildman–Crippen LogP) is -0.277. The molecule has 0 amide bonds. The van der Waals surface area contributed by atoms with Gasteiger partial charge in [0, 0.05) is 6.42 Å².